The average molecular weight is 153 g/mol. The Morgan fingerprint density at radius 3 is 2.00 bits per heavy atom. The largest absolute Gasteiger partial charge is 0.373 e. The standard InChI is InChI=1S/C4H11NO3S/c1-3-4(2,6)9(5,7)8/h6H,3H2,1-2H3,(H2,5,7,8). The maximum atomic E-state index is 10.4. The molecule has 0 aliphatic heterocycles. The van der Waals surface area contributed by atoms with Gasteiger partial charge in [0.05, 0.1) is 0 Å². The molecule has 0 aromatic carbocycles. The predicted molar refractivity (Wildman–Crippen MR) is 34.0 cm³/mol. The summed E-state index contributed by atoms with van der Waals surface area (Å²) in [6, 6.07) is 0. The fourth-order valence-electron chi connectivity index (χ4n) is 0.201. The van der Waals surface area contributed by atoms with Crippen LogP contribution in [0, 0.1) is 0 Å². The summed E-state index contributed by atoms with van der Waals surface area (Å²) in [4.78, 5) is -1.77. The second-order valence-electron chi connectivity index (χ2n) is 2.07. The number of hydrogen-bond acceptors (Lipinski definition) is 3. The summed E-state index contributed by atoms with van der Waals surface area (Å²) in [5, 5.41) is 13.6. The van der Waals surface area contributed by atoms with E-state index in [4.69, 9.17) is 5.11 Å². The molecule has 0 fully saturated rings. The number of sulfonamides is 1. The second-order valence-corrected chi connectivity index (χ2v) is 4.04. The Hall–Kier alpha value is -0.130. The molecule has 1 unspecified atom stereocenters. The SMILES string of the molecule is CCC(C)(O)S(N)(=O)=O. The van der Waals surface area contributed by atoms with Crippen molar-refractivity contribution in [2.24, 2.45) is 5.14 Å². The van der Waals surface area contributed by atoms with Crippen LogP contribution in [0.5, 0.6) is 0 Å². The van der Waals surface area contributed by atoms with E-state index in [1.165, 1.54) is 6.92 Å². The molecule has 0 amide bonds. The minimum Gasteiger partial charge on any atom is -0.373 e. The van der Waals surface area contributed by atoms with Crippen LogP contribution in [0.25, 0.3) is 0 Å². The van der Waals surface area contributed by atoms with Crippen molar-refractivity contribution in [3.8, 4) is 0 Å². The Morgan fingerprint density at radius 2 is 2.00 bits per heavy atom. The quantitative estimate of drug-likeness (QED) is 0.555. The number of hydrogen-bond donors (Lipinski definition) is 2. The van der Waals surface area contributed by atoms with Gasteiger partial charge in [0, 0.05) is 0 Å². The Bertz CT molecular complexity index is 182. The van der Waals surface area contributed by atoms with Crippen molar-refractivity contribution in [2.45, 2.75) is 25.2 Å². The summed E-state index contributed by atoms with van der Waals surface area (Å²) in [7, 11) is -3.80. The van der Waals surface area contributed by atoms with Gasteiger partial charge in [-0.25, -0.2) is 13.6 Å². The van der Waals surface area contributed by atoms with Crippen LogP contribution in [-0.2, 0) is 10.0 Å². The zero-order valence-corrected chi connectivity index (χ0v) is 6.27. The summed E-state index contributed by atoms with van der Waals surface area (Å²) in [5.74, 6) is 0. The van der Waals surface area contributed by atoms with Crippen molar-refractivity contribution in [3.63, 3.8) is 0 Å². The maximum absolute atomic E-state index is 10.4. The molecule has 0 spiro atoms. The highest BCUT2D eigenvalue weighted by atomic mass is 32.2. The van der Waals surface area contributed by atoms with Gasteiger partial charge < -0.3 is 5.11 Å². The van der Waals surface area contributed by atoms with Crippen molar-refractivity contribution in [1.82, 2.24) is 0 Å². The molecule has 0 aliphatic rings. The lowest BCUT2D eigenvalue weighted by Crippen LogP contribution is -2.39. The second kappa shape index (κ2) is 2.24. The molecule has 5 heteroatoms. The Labute approximate surface area is 54.7 Å². The number of nitrogens with two attached hydrogens (primary N) is 1. The van der Waals surface area contributed by atoms with E-state index in [9.17, 15) is 8.42 Å². The first kappa shape index (κ1) is 8.87. The fraction of sp³-hybridized carbons (Fsp3) is 1.00. The lowest BCUT2D eigenvalue weighted by molar-refractivity contribution is 0.140. The summed E-state index contributed by atoms with van der Waals surface area (Å²) in [5.41, 5.74) is 0. The Morgan fingerprint density at radius 1 is 1.67 bits per heavy atom. The van der Waals surface area contributed by atoms with Crippen LogP contribution >= 0.6 is 0 Å². The molecule has 0 heterocycles. The molecule has 0 aliphatic carbocycles. The summed E-state index contributed by atoms with van der Waals surface area (Å²) < 4.78 is 20.8. The van der Waals surface area contributed by atoms with E-state index in [0.29, 0.717) is 0 Å². The smallest absolute Gasteiger partial charge is 0.238 e. The van der Waals surface area contributed by atoms with Crippen molar-refractivity contribution < 1.29 is 13.5 Å². The first-order chi connectivity index (χ1) is 3.81. The first-order valence-corrected chi connectivity index (χ1v) is 4.10. The van der Waals surface area contributed by atoms with Crippen molar-refractivity contribution in [1.29, 1.82) is 0 Å². The van der Waals surface area contributed by atoms with E-state index >= 15 is 0 Å². The van der Waals surface area contributed by atoms with E-state index in [1.54, 1.807) is 6.92 Å². The molecule has 56 valence electrons. The molecule has 1 atom stereocenters. The zero-order valence-electron chi connectivity index (χ0n) is 5.46. The third kappa shape index (κ3) is 1.92. The molecule has 0 aromatic heterocycles. The van der Waals surface area contributed by atoms with Crippen molar-refractivity contribution in [2.75, 3.05) is 0 Å². The summed E-state index contributed by atoms with van der Waals surface area (Å²) in [6.45, 7) is 2.72. The van der Waals surface area contributed by atoms with Crippen molar-refractivity contribution >= 4 is 10.0 Å². The molecule has 0 rings (SSSR count). The lowest BCUT2D eigenvalue weighted by atomic mass is 10.3. The van der Waals surface area contributed by atoms with Crippen LogP contribution in [-0.4, -0.2) is 18.5 Å². The topological polar surface area (TPSA) is 80.4 Å². The molecule has 4 nitrogen and oxygen atoms in total. The van der Waals surface area contributed by atoms with E-state index in [1.807, 2.05) is 0 Å². The Balaban J connectivity index is 4.56. The van der Waals surface area contributed by atoms with Crippen LogP contribution in [0.1, 0.15) is 20.3 Å². The number of rotatable bonds is 2. The Kier molecular flexibility index (Phi) is 2.21. The normalized spacial score (nSPS) is 19.1. The van der Waals surface area contributed by atoms with Crippen LogP contribution in [0.2, 0.25) is 0 Å². The van der Waals surface area contributed by atoms with Gasteiger partial charge in [0.25, 0.3) is 0 Å². The monoisotopic (exact) mass is 153 g/mol. The molecule has 0 radical (unpaired) electrons. The number of primary sulfonamides is 1. The van der Waals surface area contributed by atoms with Gasteiger partial charge in [-0.1, -0.05) is 6.92 Å². The molecule has 9 heavy (non-hydrogen) atoms. The lowest BCUT2D eigenvalue weighted by Gasteiger charge is -2.17. The molecule has 0 aromatic rings. The molecular weight excluding hydrogens is 142 g/mol. The summed E-state index contributed by atoms with van der Waals surface area (Å²) >= 11 is 0. The van der Waals surface area contributed by atoms with E-state index in [0.717, 1.165) is 0 Å². The molecular formula is C4H11NO3S. The highest BCUT2D eigenvalue weighted by molar-refractivity contribution is 7.90. The minimum absolute atomic E-state index is 0.103. The van der Waals surface area contributed by atoms with Gasteiger partial charge in [-0.05, 0) is 13.3 Å². The molecule has 3 N–H and O–H groups in total. The van der Waals surface area contributed by atoms with E-state index in [-0.39, 0.29) is 6.42 Å². The van der Waals surface area contributed by atoms with Gasteiger partial charge in [0.15, 0.2) is 4.93 Å². The van der Waals surface area contributed by atoms with Crippen LogP contribution < -0.4 is 5.14 Å². The van der Waals surface area contributed by atoms with Gasteiger partial charge in [-0.3, -0.25) is 0 Å². The number of aliphatic hydroxyl groups is 1. The first-order valence-electron chi connectivity index (χ1n) is 2.56. The van der Waals surface area contributed by atoms with Crippen LogP contribution in [0.3, 0.4) is 0 Å². The van der Waals surface area contributed by atoms with Gasteiger partial charge in [-0.15, -0.1) is 0 Å². The van der Waals surface area contributed by atoms with E-state index in [2.05, 4.69) is 5.14 Å². The van der Waals surface area contributed by atoms with Crippen LogP contribution in [0.4, 0.5) is 0 Å². The van der Waals surface area contributed by atoms with Gasteiger partial charge in [0.2, 0.25) is 10.0 Å². The molecule has 0 saturated carbocycles. The highest BCUT2D eigenvalue weighted by Crippen LogP contribution is 2.12. The van der Waals surface area contributed by atoms with Gasteiger partial charge in [0.1, 0.15) is 0 Å². The van der Waals surface area contributed by atoms with Gasteiger partial charge in [-0.2, -0.15) is 0 Å². The predicted octanol–water partition coefficient (Wildman–Crippen LogP) is -0.607. The minimum atomic E-state index is -3.80. The molecule has 0 saturated heterocycles. The van der Waals surface area contributed by atoms with Crippen LogP contribution in [0.15, 0.2) is 0 Å². The summed E-state index contributed by atoms with van der Waals surface area (Å²) in [6.07, 6.45) is 0.103. The van der Waals surface area contributed by atoms with E-state index < -0.39 is 15.0 Å². The third-order valence-corrected chi connectivity index (χ3v) is 2.78. The zero-order chi connectivity index (χ0) is 7.71. The van der Waals surface area contributed by atoms with Crippen molar-refractivity contribution in [3.05, 3.63) is 0 Å². The third-order valence-electron chi connectivity index (χ3n) is 1.27. The maximum Gasteiger partial charge on any atom is 0.238 e. The fourth-order valence-corrected chi connectivity index (χ4v) is 0.604. The van der Waals surface area contributed by atoms with Gasteiger partial charge >= 0.3 is 0 Å². The molecule has 0 bridgehead atoms. The highest BCUT2D eigenvalue weighted by Gasteiger charge is 2.30. The average Bonchev–Trinajstić information content (AvgIpc) is 1.64.